The van der Waals surface area contributed by atoms with Crippen molar-refractivity contribution >= 4 is 70.4 Å². The monoisotopic (exact) mass is 1210 g/mol. The van der Waals surface area contributed by atoms with Crippen molar-refractivity contribution in [1.82, 2.24) is 13.7 Å². The summed E-state index contributed by atoms with van der Waals surface area (Å²) in [7, 11) is 0. The Kier molecular flexibility index (Phi) is 31.0. The number of Topliss-reactive ketones (excluding diaryl/α,β-unsaturated/α-hetero) is 1. The highest BCUT2D eigenvalue weighted by Crippen LogP contribution is 2.31. The van der Waals surface area contributed by atoms with E-state index in [2.05, 4.69) is 10.1 Å². The Hall–Kier alpha value is -9.36. The second-order valence-corrected chi connectivity index (χ2v) is 18.8. The second-order valence-electron chi connectivity index (χ2n) is 18.0. The highest BCUT2D eigenvalue weighted by Gasteiger charge is 2.19. The number of anilines is 2. The quantitative estimate of drug-likeness (QED) is 0.0385. The fourth-order valence-corrected chi connectivity index (χ4v) is 7.87. The molecular formula is C63H68Cl2N4O16. The Morgan fingerprint density at radius 2 is 0.953 bits per heavy atom. The standard InChI is InChI=1S/C24H25ClN2O4.C15H14ClNO3.C15H15NO4.C8H14O3.CO2/c1-4-30-24(29)19-15-27(14-17-8-6-5-7-9-17)23(28)13-21(19)26-18-10-11-22(20(25)12-18)31-16(2)3;1-2-20-15(19)12-10-17(14(18)8-13(12)16)9-11-6-4-3-5-7-11;1-2-20-15(19)12-10-16(14(18)8-13(12)17)9-11-6-4-3-5-7-11;1-3-5-7(9)6-8(10)11-4-2;2-1-3/h5-13,15-16,26H,4,14H2,1-3H3;3-8,10H,2,9H2,1H3;3-8,10,17H,2,9H2,1H3;3-6H2,1-2H3;. The van der Waals surface area contributed by atoms with Crippen molar-refractivity contribution in [2.45, 2.75) is 93.5 Å². The van der Waals surface area contributed by atoms with Gasteiger partial charge in [0.25, 0.3) is 16.7 Å². The minimum absolute atomic E-state index is 0.0102. The SMILES string of the molecule is CCCC(=O)CC(=O)OCC.CCOC(=O)c1cn(Cc2ccccc2)c(=O)cc1Cl.CCOC(=O)c1cn(Cc2ccccc2)c(=O)cc1Nc1ccc(OC(C)C)c(Cl)c1.CCOC(=O)c1cn(Cc2ccccc2)c(=O)cc1O.O=C=O. The Bertz CT molecular complexity index is 3370. The van der Waals surface area contributed by atoms with Crippen molar-refractivity contribution in [2.24, 2.45) is 0 Å². The van der Waals surface area contributed by atoms with E-state index in [1.165, 1.54) is 44.4 Å². The molecule has 7 rings (SSSR count). The molecule has 20 nitrogen and oxygen atoms in total. The van der Waals surface area contributed by atoms with Crippen LogP contribution in [0.5, 0.6) is 11.5 Å². The van der Waals surface area contributed by atoms with Crippen LogP contribution >= 0.6 is 23.2 Å². The van der Waals surface area contributed by atoms with Crippen molar-refractivity contribution in [3.05, 3.63) is 220 Å². The van der Waals surface area contributed by atoms with Gasteiger partial charge < -0.3 is 47.8 Å². The van der Waals surface area contributed by atoms with Crippen molar-refractivity contribution in [3.63, 3.8) is 0 Å². The summed E-state index contributed by atoms with van der Waals surface area (Å²) < 4.78 is 29.5. The van der Waals surface area contributed by atoms with E-state index in [9.17, 15) is 43.5 Å². The number of carbonyl (C=O) groups is 5. The van der Waals surface area contributed by atoms with Crippen molar-refractivity contribution in [3.8, 4) is 11.5 Å². The summed E-state index contributed by atoms with van der Waals surface area (Å²) in [5, 5.41) is 13.3. The van der Waals surface area contributed by atoms with Crippen LogP contribution in [0.25, 0.3) is 0 Å². The number of halogens is 2. The number of nitrogens with one attached hydrogen (secondary N) is 1. The number of ether oxygens (including phenoxy) is 5. The number of hydrogen-bond acceptors (Lipinski definition) is 17. The zero-order valence-corrected chi connectivity index (χ0v) is 49.7. The second kappa shape index (κ2) is 37.7. The van der Waals surface area contributed by atoms with Crippen LogP contribution in [0.3, 0.4) is 0 Å². The first-order chi connectivity index (χ1) is 40.7. The van der Waals surface area contributed by atoms with Gasteiger partial charge in [0.05, 0.1) is 79.0 Å². The average Bonchev–Trinajstić information content (AvgIpc) is 3.01. The Morgan fingerprint density at radius 1 is 0.541 bits per heavy atom. The fraction of sp³-hybridized carbons (Fsp3) is 0.286. The van der Waals surface area contributed by atoms with E-state index in [-0.39, 0.29) is 88.4 Å². The van der Waals surface area contributed by atoms with Gasteiger partial charge in [0.15, 0.2) is 0 Å². The highest BCUT2D eigenvalue weighted by molar-refractivity contribution is 6.33. The lowest BCUT2D eigenvalue weighted by molar-refractivity contribution is -0.191. The van der Waals surface area contributed by atoms with E-state index >= 15 is 0 Å². The maximum absolute atomic E-state index is 12.7. The maximum atomic E-state index is 12.7. The molecule has 2 N–H and O–H groups in total. The van der Waals surface area contributed by atoms with Crippen molar-refractivity contribution in [1.29, 1.82) is 0 Å². The summed E-state index contributed by atoms with van der Waals surface area (Å²) in [6.07, 6.45) is 5.72. The molecule has 22 heteroatoms. The van der Waals surface area contributed by atoms with E-state index in [0.717, 1.165) is 29.2 Å². The summed E-state index contributed by atoms with van der Waals surface area (Å²) in [5.74, 6) is -1.94. The molecule has 0 atom stereocenters. The van der Waals surface area contributed by atoms with Crippen LogP contribution in [-0.2, 0) is 57.8 Å². The Morgan fingerprint density at radius 3 is 1.39 bits per heavy atom. The van der Waals surface area contributed by atoms with Crippen LogP contribution in [0, 0.1) is 0 Å². The van der Waals surface area contributed by atoms with Crippen LogP contribution < -0.4 is 26.7 Å². The number of ketones is 1. The molecule has 450 valence electrons. The molecule has 0 aliphatic carbocycles. The molecule has 0 radical (unpaired) electrons. The summed E-state index contributed by atoms with van der Waals surface area (Å²) in [4.78, 5) is 110. The van der Waals surface area contributed by atoms with Gasteiger partial charge in [-0.2, -0.15) is 9.59 Å². The molecule has 0 unspecified atom stereocenters. The van der Waals surface area contributed by atoms with Gasteiger partial charge in [-0.15, -0.1) is 0 Å². The van der Waals surface area contributed by atoms with Gasteiger partial charge in [-0.1, -0.05) is 121 Å². The molecule has 4 aromatic carbocycles. The van der Waals surface area contributed by atoms with Crippen LogP contribution in [0.15, 0.2) is 160 Å². The van der Waals surface area contributed by atoms with Gasteiger partial charge in [-0.3, -0.25) is 24.0 Å². The van der Waals surface area contributed by atoms with Gasteiger partial charge in [-0.25, -0.2) is 14.4 Å². The zero-order chi connectivity index (χ0) is 62.8. The first kappa shape index (κ1) is 69.9. The average molecular weight is 1210 g/mol. The summed E-state index contributed by atoms with van der Waals surface area (Å²) >= 11 is 12.2. The number of carbonyl (C=O) groups excluding carboxylic acids is 7. The van der Waals surface area contributed by atoms with E-state index in [1.807, 2.05) is 112 Å². The number of rotatable bonds is 21. The van der Waals surface area contributed by atoms with E-state index in [4.69, 9.17) is 51.7 Å². The molecule has 0 saturated heterocycles. The van der Waals surface area contributed by atoms with Crippen LogP contribution in [-0.4, -0.2) is 87.2 Å². The minimum atomic E-state index is -0.646. The predicted octanol–water partition coefficient (Wildman–Crippen LogP) is 10.5. The lowest BCUT2D eigenvalue weighted by Gasteiger charge is -2.16. The number of aromatic nitrogens is 3. The number of aromatic hydroxyl groups is 1. The van der Waals surface area contributed by atoms with E-state index < -0.39 is 23.9 Å². The molecule has 0 bridgehead atoms. The number of esters is 4. The topological polar surface area (TPSA) is 264 Å². The van der Waals surface area contributed by atoms with E-state index in [1.54, 1.807) is 45.9 Å². The molecule has 0 fully saturated rings. The molecule has 0 aliphatic rings. The molecule has 0 amide bonds. The van der Waals surface area contributed by atoms with Gasteiger partial charge >= 0.3 is 30.0 Å². The van der Waals surface area contributed by atoms with E-state index in [0.29, 0.717) is 54.8 Å². The Labute approximate surface area is 501 Å². The molecular weight excluding hydrogens is 1140 g/mol. The summed E-state index contributed by atoms with van der Waals surface area (Å²) in [6.45, 7) is 14.7. The smallest absolute Gasteiger partial charge is 0.373 e. The molecule has 7 aromatic rings. The lowest BCUT2D eigenvalue weighted by Crippen LogP contribution is -2.23. The zero-order valence-electron chi connectivity index (χ0n) is 48.2. The third kappa shape index (κ3) is 24.6. The Balaban J connectivity index is 0.000000308. The van der Waals surface area contributed by atoms with Crippen molar-refractivity contribution in [2.75, 3.05) is 31.7 Å². The number of nitrogens with zero attached hydrogens (tertiary/aromatic N) is 3. The fourth-order valence-electron chi connectivity index (χ4n) is 7.42. The van der Waals surface area contributed by atoms with Gasteiger partial charge in [0, 0.05) is 48.9 Å². The van der Waals surface area contributed by atoms with Gasteiger partial charge in [-0.05, 0) is 82.9 Å². The van der Waals surface area contributed by atoms with Gasteiger partial charge in [0.1, 0.15) is 29.3 Å². The first-order valence-electron chi connectivity index (χ1n) is 26.8. The summed E-state index contributed by atoms with van der Waals surface area (Å²) in [5.41, 5.74) is 3.38. The van der Waals surface area contributed by atoms with Crippen molar-refractivity contribution < 1.29 is 62.4 Å². The van der Waals surface area contributed by atoms with Crippen LogP contribution in [0.2, 0.25) is 10.0 Å². The number of hydrogen-bond donors (Lipinski definition) is 2. The third-order valence-electron chi connectivity index (χ3n) is 11.1. The highest BCUT2D eigenvalue weighted by atomic mass is 35.5. The maximum Gasteiger partial charge on any atom is 0.373 e. The van der Waals surface area contributed by atoms with Crippen LogP contribution in [0.4, 0.5) is 11.4 Å². The molecule has 0 aliphatic heterocycles. The molecule has 0 saturated carbocycles. The molecule has 85 heavy (non-hydrogen) atoms. The summed E-state index contributed by atoms with van der Waals surface area (Å²) in [6, 6.07) is 37.3. The van der Waals surface area contributed by atoms with Crippen LogP contribution in [0.1, 0.15) is 115 Å². The molecule has 0 spiro atoms. The number of pyridine rings is 3. The molecule has 3 aromatic heterocycles. The lowest BCUT2D eigenvalue weighted by atomic mass is 10.2. The normalized spacial score (nSPS) is 10.0. The molecule has 3 heterocycles. The predicted molar refractivity (Wildman–Crippen MR) is 320 cm³/mol. The largest absolute Gasteiger partial charge is 0.507 e. The third-order valence-corrected chi connectivity index (χ3v) is 11.7. The minimum Gasteiger partial charge on any atom is -0.507 e. The van der Waals surface area contributed by atoms with Gasteiger partial charge in [0.2, 0.25) is 0 Å². The number of benzene rings is 4. The first-order valence-corrected chi connectivity index (χ1v) is 27.6.